The topological polar surface area (TPSA) is 63.6 Å². The molecular formula is C11H9BrFNO3S. The molecule has 18 heavy (non-hydrogen) atoms. The molecule has 0 aliphatic heterocycles. The lowest BCUT2D eigenvalue weighted by molar-refractivity contribution is 0.551. The fourth-order valence-electron chi connectivity index (χ4n) is 1.85. The Kier molecular flexibility index (Phi) is 3.17. The molecule has 0 unspecified atom stereocenters. The van der Waals surface area contributed by atoms with Crippen LogP contribution in [0, 0.1) is 5.82 Å². The third-order valence-corrected chi connectivity index (χ3v) is 4.93. The van der Waals surface area contributed by atoms with E-state index in [1.807, 2.05) is 0 Å². The minimum Gasteiger partial charge on any atom is -0.224 e. The summed E-state index contributed by atoms with van der Waals surface area (Å²) in [5, 5.41) is 0. The summed E-state index contributed by atoms with van der Waals surface area (Å²) in [6.45, 7) is 0. The molecule has 0 heterocycles. The van der Waals surface area contributed by atoms with Gasteiger partial charge in [-0.05, 0) is 46.5 Å². The van der Waals surface area contributed by atoms with Crippen LogP contribution in [0.1, 0.15) is 18.4 Å². The maximum atomic E-state index is 13.9. The molecule has 4 nitrogen and oxygen atoms in total. The van der Waals surface area contributed by atoms with Crippen LogP contribution in [-0.2, 0) is 20.2 Å². The van der Waals surface area contributed by atoms with Crippen molar-refractivity contribution in [2.45, 2.75) is 23.3 Å². The molecule has 0 spiro atoms. The van der Waals surface area contributed by atoms with E-state index in [0.717, 1.165) is 12.3 Å². The van der Waals surface area contributed by atoms with Crippen molar-refractivity contribution in [1.29, 1.82) is 0 Å². The largest absolute Gasteiger partial charge is 0.235 e. The summed E-state index contributed by atoms with van der Waals surface area (Å²) < 4.78 is 36.8. The van der Waals surface area contributed by atoms with Crippen molar-refractivity contribution in [2.75, 3.05) is 6.26 Å². The third-order valence-electron chi connectivity index (χ3n) is 2.89. The summed E-state index contributed by atoms with van der Waals surface area (Å²) in [6, 6.07) is 2.61. The van der Waals surface area contributed by atoms with Crippen molar-refractivity contribution in [3.63, 3.8) is 0 Å². The van der Waals surface area contributed by atoms with Crippen molar-refractivity contribution in [3.05, 3.63) is 28.0 Å². The number of hydrogen-bond donors (Lipinski definition) is 0. The van der Waals surface area contributed by atoms with Crippen LogP contribution >= 0.6 is 15.9 Å². The predicted octanol–water partition coefficient (Wildman–Crippen LogP) is 2.32. The van der Waals surface area contributed by atoms with Crippen molar-refractivity contribution in [3.8, 4) is 0 Å². The molecule has 1 aliphatic rings. The van der Waals surface area contributed by atoms with Gasteiger partial charge in [0.15, 0.2) is 9.84 Å². The van der Waals surface area contributed by atoms with E-state index in [2.05, 4.69) is 20.9 Å². The van der Waals surface area contributed by atoms with Crippen molar-refractivity contribution in [2.24, 2.45) is 4.99 Å². The van der Waals surface area contributed by atoms with Gasteiger partial charge in [-0.3, -0.25) is 0 Å². The molecule has 0 amide bonds. The van der Waals surface area contributed by atoms with Crippen LogP contribution in [-0.4, -0.2) is 20.8 Å². The van der Waals surface area contributed by atoms with Gasteiger partial charge in [0.1, 0.15) is 10.7 Å². The van der Waals surface area contributed by atoms with Gasteiger partial charge < -0.3 is 0 Å². The number of sulfone groups is 1. The summed E-state index contributed by atoms with van der Waals surface area (Å²) >= 11 is 3.05. The lowest BCUT2D eigenvalue weighted by Gasteiger charge is -2.11. The zero-order chi connectivity index (χ0) is 13.6. The van der Waals surface area contributed by atoms with Gasteiger partial charge in [-0.2, -0.15) is 4.99 Å². The van der Waals surface area contributed by atoms with Gasteiger partial charge >= 0.3 is 0 Å². The highest BCUT2D eigenvalue weighted by atomic mass is 79.9. The van der Waals surface area contributed by atoms with E-state index in [-0.39, 0.29) is 9.37 Å². The van der Waals surface area contributed by atoms with Crippen molar-refractivity contribution >= 4 is 31.8 Å². The first-order chi connectivity index (χ1) is 8.30. The Hall–Kier alpha value is -1.04. The number of isocyanates is 1. The molecule has 0 bridgehead atoms. The molecule has 96 valence electrons. The number of rotatable bonds is 3. The monoisotopic (exact) mass is 333 g/mol. The predicted molar refractivity (Wildman–Crippen MR) is 66.2 cm³/mol. The number of carbonyl (C=O) groups excluding carboxylic acids is 1. The molecule has 2 rings (SSSR count). The highest BCUT2D eigenvalue weighted by molar-refractivity contribution is 9.10. The van der Waals surface area contributed by atoms with Crippen LogP contribution in [0.3, 0.4) is 0 Å². The van der Waals surface area contributed by atoms with Gasteiger partial charge in [0.25, 0.3) is 0 Å². The number of halogens is 2. The van der Waals surface area contributed by atoms with Crippen LogP contribution in [0.2, 0.25) is 0 Å². The molecule has 0 N–H and O–H groups in total. The van der Waals surface area contributed by atoms with Crippen LogP contribution in [0.25, 0.3) is 0 Å². The van der Waals surface area contributed by atoms with Crippen LogP contribution in [0.15, 0.2) is 26.5 Å². The van der Waals surface area contributed by atoms with Gasteiger partial charge in [-0.25, -0.2) is 17.6 Å². The molecule has 1 aromatic carbocycles. The average Bonchev–Trinajstić information content (AvgIpc) is 2.96. The Morgan fingerprint density at radius 2 is 2.06 bits per heavy atom. The van der Waals surface area contributed by atoms with Gasteiger partial charge in [-0.1, -0.05) is 0 Å². The van der Waals surface area contributed by atoms with Crippen LogP contribution in [0.5, 0.6) is 0 Å². The second kappa shape index (κ2) is 4.26. The number of hydrogen-bond acceptors (Lipinski definition) is 4. The fraction of sp³-hybridized carbons (Fsp3) is 0.364. The highest BCUT2D eigenvalue weighted by Gasteiger charge is 2.45. The Morgan fingerprint density at radius 3 is 2.44 bits per heavy atom. The Balaban J connectivity index is 2.61. The van der Waals surface area contributed by atoms with E-state index in [1.54, 1.807) is 0 Å². The molecule has 1 aromatic rings. The second-order valence-corrected chi connectivity index (χ2v) is 7.08. The van der Waals surface area contributed by atoms with E-state index in [9.17, 15) is 17.6 Å². The SMILES string of the molecule is CS(=O)(=O)c1c(F)cc(C2(N=C=O)CC2)cc1Br. The first-order valence-corrected chi connectivity index (χ1v) is 7.77. The van der Waals surface area contributed by atoms with Gasteiger partial charge in [0.05, 0.1) is 5.54 Å². The average molecular weight is 334 g/mol. The van der Waals surface area contributed by atoms with Crippen molar-refractivity contribution in [1.82, 2.24) is 0 Å². The molecule has 1 fully saturated rings. The van der Waals surface area contributed by atoms with E-state index in [1.165, 1.54) is 12.1 Å². The molecule has 1 aliphatic carbocycles. The van der Waals surface area contributed by atoms with Gasteiger partial charge in [0.2, 0.25) is 6.08 Å². The molecule has 0 radical (unpaired) electrons. The van der Waals surface area contributed by atoms with Crippen molar-refractivity contribution < 1.29 is 17.6 Å². The summed E-state index contributed by atoms with van der Waals surface area (Å²) in [6.07, 6.45) is 3.67. The number of aliphatic imine (C=N–C) groups is 1. The molecule has 7 heteroatoms. The Morgan fingerprint density at radius 1 is 1.44 bits per heavy atom. The molecule has 0 saturated heterocycles. The molecule has 0 atom stereocenters. The lowest BCUT2D eigenvalue weighted by Crippen LogP contribution is -2.08. The second-order valence-electron chi connectivity index (χ2n) is 4.28. The summed E-state index contributed by atoms with van der Waals surface area (Å²) in [5.74, 6) is -0.839. The van der Waals surface area contributed by atoms with E-state index >= 15 is 0 Å². The highest BCUT2D eigenvalue weighted by Crippen LogP contribution is 2.50. The fourth-order valence-corrected chi connectivity index (χ4v) is 4.00. The molecular weight excluding hydrogens is 325 g/mol. The van der Waals surface area contributed by atoms with Gasteiger partial charge in [0, 0.05) is 10.7 Å². The maximum absolute atomic E-state index is 13.9. The van der Waals surface area contributed by atoms with E-state index < -0.39 is 21.2 Å². The number of benzene rings is 1. The first-order valence-electron chi connectivity index (χ1n) is 5.09. The zero-order valence-corrected chi connectivity index (χ0v) is 11.8. The van der Waals surface area contributed by atoms with Gasteiger partial charge in [-0.15, -0.1) is 0 Å². The quantitative estimate of drug-likeness (QED) is 0.629. The summed E-state index contributed by atoms with van der Waals surface area (Å²) in [4.78, 5) is 13.6. The summed E-state index contributed by atoms with van der Waals surface area (Å²) in [7, 11) is -3.65. The molecule has 0 aromatic heterocycles. The Labute approximate surface area is 112 Å². The lowest BCUT2D eigenvalue weighted by atomic mass is 10.1. The minimum absolute atomic E-state index is 0.146. The third kappa shape index (κ3) is 2.25. The number of nitrogens with zero attached hydrogens (tertiary/aromatic N) is 1. The van der Waals surface area contributed by atoms with Crippen LogP contribution in [0.4, 0.5) is 4.39 Å². The summed E-state index contributed by atoms with van der Waals surface area (Å²) in [5.41, 5.74) is -0.233. The normalized spacial score (nSPS) is 17.1. The minimum atomic E-state index is -3.65. The molecule has 1 saturated carbocycles. The first kappa shape index (κ1) is 13.4. The van der Waals surface area contributed by atoms with Crippen LogP contribution < -0.4 is 0 Å². The van der Waals surface area contributed by atoms with E-state index in [4.69, 9.17) is 0 Å². The standard InChI is InChI=1S/C11H9BrFNO3S/c1-18(16,17)10-8(12)4-7(5-9(10)13)11(2-3-11)14-6-15/h4-5H,2-3H2,1H3. The Bertz CT molecular complexity index is 638. The smallest absolute Gasteiger partial charge is 0.224 e. The zero-order valence-electron chi connectivity index (χ0n) is 9.41. The maximum Gasteiger partial charge on any atom is 0.235 e. The van der Waals surface area contributed by atoms with E-state index in [0.29, 0.717) is 18.4 Å².